The van der Waals surface area contributed by atoms with Gasteiger partial charge in [-0.15, -0.1) is 0 Å². The van der Waals surface area contributed by atoms with Gasteiger partial charge in [0.2, 0.25) is 0 Å². The highest BCUT2D eigenvalue weighted by Gasteiger charge is 2.32. The van der Waals surface area contributed by atoms with Crippen molar-refractivity contribution in [1.29, 1.82) is 0 Å². The maximum absolute atomic E-state index is 13.9. The average molecular weight is 479 g/mol. The fourth-order valence-corrected chi connectivity index (χ4v) is 3.91. The summed E-state index contributed by atoms with van der Waals surface area (Å²) in [5.74, 6) is 0.836. The summed E-state index contributed by atoms with van der Waals surface area (Å²) in [7, 11) is 1.53. The van der Waals surface area contributed by atoms with Gasteiger partial charge in [0.25, 0.3) is 0 Å². The molecule has 1 fully saturated rings. The van der Waals surface area contributed by atoms with E-state index in [1.54, 1.807) is 26.0 Å². The first kappa shape index (κ1) is 24.0. The van der Waals surface area contributed by atoms with E-state index in [2.05, 4.69) is 15.3 Å². The van der Waals surface area contributed by atoms with Gasteiger partial charge in [-0.25, -0.2) is 14.4 Å². The topological polar surface area (TPSA) is 65.5 Å². The largest absolute Gasteiger partial charge is 0.493 e. The summed E-state index contributed by atoms with van der Waals surface area (Å²) < 4.78 is 70.4. The molecule has 0 bridgehead atoms. The van der Waals surface area contributed by atoms with Crippen molar-refractivity contribution in [2.45, 2.75) is 45.0 Å². The van der Waals surface area contributed by atoms with Crippen molar-refractivity contribution in [1.82, 2.24) is 9.97 Å². The first-order valence-electron chi connectivity index (χ1n) is 10.9. The average Bonchev–Trinajstić information content (AvgIpc) is 3.29. The van der Waals surface area contributed by atoms with Crippen LogP contribution in [-0.2, 0) is 10.9 Å². The number of rotatable bonds is 7. The monoisotopic (exact) mass is 479 g/mol. The zero-order chi connectivity index (χ0) is 24.5. The van der Waals surface area contributed by atoms with Crippen LogP contribution < -0.4 is 14.8 Å². The standard InChI is InChI=1S/C24H25F4N3O3/c1-13(15-7-16(24(26,27)28)9-17(25)8-15)29-23-19-10-22(34-12-18-5-4-6-33-18)21(32-3)11-20(19)30-14(2)31-23/h7-11,13,18H,4-6,12H2,1-3H3,(H,29,30,31)/t13-,18-/m1/s1. The van der Waals surface area contributed by atoms with E-state index in [1.807, 2.05) is 0 Å². The third-order valence-corrected chi connectivity index (χ3v) is 5.64. The smallest absolute Gasteiger partial charge is 0.416 e. The number of halogens is 4. The Morgan fingerprint density at radius 3 is 2.62 bits per heavy atom. The summed E-state index contributed by atoms with van der Waals surface area (Å²) >= 11 is 0. The molecule has 1 aliphatic rings. The van der Waals surface area contributed by atoms with E-state index in [9.17, 15) is 17.6 Å². The highest BCUT2D eigenvalue weighted by Crippen LogP contribution is 2.36. The lowest BCUT2D eigenvalue weighted by Crippen LogP contribution is -2.16. The zero-order valence-corrected chi connectivity index (χ0v) is 19.0. The quantitative estimate of drug-likeness (QED) is 0.430. The van der Waals surface area contributed by atoms with E-state index in [0.717, 1.165) is 25.0 Å². The molecule has 0 unspecified atom stereocenters. The third kappa shape index (κ3) is 5.32. The van der Waals surface area contributed by atoms with Gasteiger partial charge < -0.3 is 19.5 Å². The number of benzene rings is 2. The van der Waals surface area contributed by atoms with E-state index in [-0.39, 0.29) is 11.7 Å². The highest BCUT2D eigenvalue weighted by molar-refractivity contribution is 5.92. The van der Waals surface area contributed by atoms with E-state index in [0.29, 0.717) is 53.3 Å². The fraction of sp³-hybridized carbons (Fsp3) is 0.417. The fourth-order valence-electron chi connectivity index (χ4n) is 3.91. The molecule has 1 aromatic heterocycles. The molecule has 1 saturated heterocycles. The summed E-state index contributed by atoms with van der Waals surface area (Å²) in [5, 5.41) is 3.69. The number of nitrogens with one attached hydrogen (secondary N) is 1. The molecule has 6 nitrogen and oxygen atoms in total. The van der Waals surface area contributed by atoms with Gasteiger partial charge >= 0.3 is 6.18 Å². The molecule has 1 aliphatic heterocycles. The number of alkyl halides is 3. The van der Waals surface area contributed by atoms with Crippen LogP contribution in [0.2, 0.25) is 0 Å². The Kier molecular flexibility index (Phi) is 6.79. The molecular weight excluding hydrogens is 454 g/mol. The number of aryl methyl sites for hydroxylation is 1. The lowest BCUT2D eigenvalue weighted by Gasteiger charge is -2.20. The normalized spacial score (nSPS) is 17.1. The molecule has 182 valence electrons. The van der Waals surface area contributed by atoms with Gasteiger partial charge in [0.1, 0.15) is 24.1 Å². The van der Waals surface area contributed by atoms with Crippen LogP contribution in [0.25, 0.3) is 10.9 Å². The molecule has 3 aromatic rings. The third-order valence-electron chi connectivity index (χ3n) is 5.64. The van der Waals surface area contributed by atoms with Crippen LogP contribution in [-0.4, -0.2) is 36.4 Å². The Hall–Kier alpha value is -3.14. The van der Waals surface area contributed by atoms with Crippen molar-refractivity contribution in [3.05, 3.63) is 53.1 Å². The molecule has 0 aliphatic carbocycles. The number of ether oxygens (including phenoxy) is 3. The number of hydrogen-bond acceptors (Lipinski definition) is 6. The summed E-state index contributed by atoms with van der Waals surface area (Å²) in [6, 6.07) is 5.25. The molecular formula is C24H25F4N3O3. The molecule has 34 heavy (non-hydrogen) atoms. The van der Waals surface area contributed by atoms with Gasteiger partial charge in [-0.2, -0.15) is 13.2 Å². The second-order valence-electron chi connectivity index (χ2n) is 8.22. The minimum absolute atomic E-state index is 0.00286. The molecule has 0 radical (unpaired) electrons. The van der Waals surface area contributed by atoms with Gasteiger partial charge in [0, 0.05) is 18.1 Å². The molecule has 0 amide bonds. The van der Waals surface area contributed by atoms with Crippen LogP contribution in [0.5, 0.6) is 11.5 Å². The number of methoxy groups -OCH3 is 1. The van der Waals surface area contributed by atoms with Gasteiger partial charge in [0.15, 0.2) is 11.5 Å². The number of anilines is 1. The maximum atomic E-state index is 13.9. The summed E-state index contributed by atoms with van der Waals surface area (Å²) in [6.07, 6.45) is -2.75. The van der Waals surface area contributed by atoms with E-state index < -0.39 is 23.6 Å². The van der Waals surface area contributed by atoms with Crippen LogP contribution in [0.1, 0.15) is 42.8 Å². The number of nitrogens with zero attached hydrogens (tertiary/aromatic N) is 2. The van der Waals surface area contributed by atoms with E-state index >= 15 is 0 Å². The molecule has 10 heteroatoms. The van der Waals surface area contributed by atoms with Crippen molar-refractivity contribution in [2.75, 3.05) is 25.6 Å². The molecule has 1 N–H and O–H groups in total. The second kappa shape index (κ2) is 9.61. The minimum atomic E-state index is -4.65. The first-order chi connectivity index (χ1) is 16.1. The van der Waals surface area contributed by atoms with Crippen LogP contribution in [0.4, 0.5) is 23.4 Å². The Morgan fingerprint density at radius 2 is 1.94 bits per heavy atom. The summed E-state index contributed by atoms with van der Waals surface area (Å²) in [4.78, 5) is 8.88. The predicted molar refractivity (Wildman–Crippen MR) is 119 cm³/mol. The van der Waals surface area contributed by atoms with Gasteiger partial charge in [-0.05, 0) is 56.5 Å². The lowest BCUT2D eigenvalue weighted by atomic mass is 10.0. The Morgan fingerprint density at radius 1 is 1.15 bits per heavy atom. The maximum Gasteiger partial charge on any atom is 0.416 e. The molecule has 2 aromatic carbocycles. The minimum Gasteiger partial charge on any atom is -0.493 e. The SMILES string of the molecule is COc1cc2nc(C)nc(N[C@H](C)c3cc(F)cc(C(F)(F)F)c3)c2cc1OC[C@H]1CCCO1. The van der Waals surface area contributed by atoms with Crippen LogP contribution in [0, 0.1) is 12.7 Å². The van der Waals surface area contributed by atoms with Gasteiger partial charge in [-0.3, -0.25) is 0 Å². The van der Waals surface area contributed by atoms with Crippen molar-refractivity contribution in [2.24, 2.45) is 0 Å². The highest BCUT2D eigenvalue weighted by atomic mass is 19.4. The van der Waals surface area contributed by atoms with Gasteiger partial charge in [-0.1, -0.05) is 0 Å². The molecule has 2 atom stereocenters. The summed E-state index contributed by atoms with van der Waals surface area (Å²) in [6.45, 7) is 4.40. The zero-order valence-electron chi connectivity index (χ0n) is 19.0. The first-order valence-corrected chi connectivity index (χ1v) is 10.9. The van der Waals surface area contributed by atoms with Crippen molar-refractivity contribution >= 4 is 16.7 Å². The number of hydrogen-bond donors (Lipinski definition) is 1. The molecule has 4 rings (SSSR count). The number of fused-ring (bicyclic) bond motifs is 1. The van der Waals surface area contributed by atoms with Crippen LogP contribution >= 0.6 is 0 Å². The number of aromatic nitrogens is 2. The van der Waals surface area contributed by atoms with E-state index in [1.165, 1.54) is 7.11 Å². The van der Waals surface area contributed by atoms with Crippen LogP contribution in [0.15, 0.2) is 30.3 Å². The van der Waals surface area contributed by atoms with Crippen molar-refractivity contribution < 1.29 is 31.8 Å². The van der Waals surface area contributed by atoms with Gasteiger partial charge in [0.05, 0.1) is 30.3 Å². The lowest BCUT2D eigenvalue weighted by molar-refractivity contribution is -0.137. The van der Waals surface area contributed by atoms with Crippen molar-refractivity contribution in [3.63, 3.8) is 0 Å². The van der Waals surface area contributed by atoms with Crippen LogP contribution in [0.3, 0.4) is 0 Å². The van der Waals surface area contributed by atoms with E-state index in [4.69, 9.17) is 14.2 Å². The molecule has 0 saturated carbocycles. The predicted octanol–water partition coefficient (Wildman–Crippen LogP) is 5.84. The summed E-state index contributed by atoms with van der Waals surface area (Å²) in [5.41, 5.74) is -0.340. The Bertz CT molecular complexity index is 1180. The molecule has 2 heterocycles. The molecule has 0 spiro atoms. The second-order valence-corrected chi connectivity index (χ2v) is 8.22. The Balaban J connectivity index is 1.67. The van der Waals surface area contributed by atoms with Crippen molar-refractivity contribution in [3.8, 4) is 11.5 Å². The Labute approximate surface area is 194 Å².